The largest absolute Gasteiger partial charge is 0.496 e. The molecule has 0 radical (unpaired) electrons. The van der Waals surface area contributed by atoms with Gasteiger partial charge in [0.25, 0.3) is 0 Å². The molecular formula is C12H19NO2. The highest BCUT2D eigenvalue weighted by atomic mass is 16.5. The minimum atomic E-state index is -0.0430. The summed E-state index contributed by atoms with van der Waals surface area (Å²) in [6.07, 6.45) is 0. The lowest BCUT2D eigenvalue weighted by Crippen LogP contribution is -2.17. The first kappa shape index (κ1) is 12.0. The molecular weight excluding hydrogens is 190 g/mol. The molecule has 3 N–H and O–H groups in total. The molecule has 84 valence electrons. The van der Waals surface area contributed by atoms with E-state index in [9.17, 15) is 5.11 Å². The van der Waals surface area contributed by atoms with Gasteiger partial charge < -0.3 is 15.6 Å². The predicted octanol–water partition coefficient (Wildman–Crippen LogP) is 1.35. The normalized spacial score (nSPS) is 12.6. The molecule has 1 unspecified atom stereocenters. The molecule has 3 heteroatoms. The van der Waals surface area contributed by atoms with Gasteiger partial charge in [-0.25, -0.2) is 0 Å². The third kappa shape index (κ3) is 2.49. The first-order valence-corrected chi connectivity index (χ1v) is 5.10. The molecule has 0 aliphatic rings. The highest BCUT2D eigenvalue weighted by Gasteiger charge is 2.15. The average molecular weight is 209 g/mol. The van der Waals surface area contributed by atoms with Crippen molar-refractivity contribution in [2.24, 2.45) is 5.73 Å². The second-order valence-electron chi connectivity index (χ2n) is 3.82. The van der Waals surface area contributed by atoms with Gasteiger partial charge in [0, 0.05) is 18.0 Å². The molecule has 15 heavy (non-hydrogen) atoms. The van der Waals surface area contributed by atoms with Gasteiger partial charge in [0.1, 0.15) is 5.75 Å². The van der Waals surface area contributed by atoms with Gasteiger partial charge in [0.05, 0.1) is 13.7 Å². The standard InChI is InChI=1S/C12H19NO2/c1-8-4-9(2)12(15-3)11(5-8)10(6-13)7-14/h4-5,10,14H,6-7,13H2,1-3H3. The molecule has 0 aliphatic carbocycles. The van der Waals surface area contributed by atoms with E-state index in [1.54, 1.807) is 7.11 Å². The van der Waals surface area contributed by atoms with Crippen molar-refractivity contribution in [2.75, 3.05) is 20.3 Å². The Morgan fingerprint density at radius 1 is 1.40 bits per heavy atom. The van der Waals surface area contributed by atoms with E-state index < -0.39 is 0 Å². The minimum absolute atomic E-state index is 0.0430. The van der Waals surface area contributed by atoms with Gasteiger partial charge in [-0.05, 0) is 19.4 Å². The number of nitrogens with two attached hydrogens (primary N) is 1. The van der Waals surface area contributed by atoms with E-state index in [-0.39, 0.29) is 12.5 Å². The van der Waals surface area contributed by atoms with Crippen molar-refractivity contribution in [3.8, 4) is 5.75 Å². The molecule has 0 amide bonds. The highest BCUT2D eigenvalue weighted by molar-refractivity contribution is 5.45. The number of ether oxygens (including phenoxy) is 1. The highest BCUT2D eigenvalue weighted by Crippen LogP contribution is 2.30. The molecule has 0 saturated heterocycles. The summed E-state index contributed by atoms with van der Waals surface area (Å²) in [6.45, 7) is 4.51. The quantitative estimate of drug-likeness (QED) is 0.787. The Morgan fingerprint density at radius 2 is 2.07 bits per heavy atom. The van der Waals surface area contributed by atoms with Crippen molar-refractivity contribution >= 4 is 0 Å². The molecule has 0 aromatic heterocycles. The summed E-state index contributed by atoms with van der Waals surface area (Å²) in [5.74, 6) is 0.795. The van der Waals surface area contributed by atoms with Crippen LogP contribution in [0.25, 0.3) is 0 Å². The SMILES string of the molecule is COc1c(C)cc(C)cc1C(CN)CO. The van der Waals surface area contributed by atoms with Crippen LogP contribution >= 0.6 is 0 Å². The molecule has 0 saturated carbocycles. The van der Waals surface area contributed by atoms with Crippen molar-refractivity contribution in [1.29, 1.82) is 0 Å². The minimum Gasteiger partial charge on any atom is -0.496 e. The van der Waals surface area contributed by atoms with E-state index in [1.807, 2.05) is 19.9 Å². The number of aryl methyl sites for hydroxylation is 2. The van der Waals surface area contributed by atoms with Crippen molar-refractivity contribution in [3.05, 3.63) is 28.8 Å². The van der Waals surface area contributed by atoms with Crippen LogP contribution in [0.5, 0.6) is 5.75 Å². The van der Waals surface area contributed by atoms with Gasteiger partial charge in [0.15, 0.2) is 0 Å². The Balaban J connectivity index is 3.24. The molecule has 0 fully saturated rings. The van der Waals surface area contributed by atoms with E-state index in [2.05, 4.69) is 6.07 Å². The van der Waals surface area contributed by atoms with Crippen molar-refractivity contribution in [2.45, 2.75) is 19.8 Å². The lowest BCUT2D eigenvalue weighted by Gasteiger charge is -2.18. The van der Waals surface area contributed by atoms with Crippen LogP contribution in [-0.4, -0.2) is 25.4 Å². The van der Waals surface area contributed by atoms with Crippen LogP contribution in [0.2, 0.25) is 0 Å². The third-order valence-electron chi connectivity index (χ3n) is 2.60. The summed E-state index contributed by atoms with van der Waals surface area (Å²) in [6, 6.07) is 4.09. The summed E-state index contributed by atoms with van der Waals surface area (Å²) in [7, 11) is 1.64. The third-order valence-corrected chi connectivity index (χ3v) is 2.60. The monoisotopic (exact) mass is 209 g/mol. The fraction of sp³-hybridized carbons (Fsp3) is 0.500. The van der Waals surface area contributed by atoms with Crippen LogP contribution in [0, 0.1) is 13.8 Å². The van der Waals surface area contributed by atoms with Crippen LogP contribution in [-0.2, 0) is 0 Å². The molecule has 0 bridgehead atoms. The van der Waals surface area contributed by atoms with Crippen LogP contribution in [0.4, 0.5) is 0 Å². The topological polar surface area (TPSA) is 55.5 Å². The van der Waals surface area contributed by atoms with Crippen molar-refractivity contribution in [1.82, 2.24) is 0 Å². The lowest BCUT2D eigenvalue weighted by molar-refractivity contribution is 0.264. The first-order chi connectivity index (χ1) is 7.13. The summed E-state index contributed by atoms with van der Waals surface area (Å²) >= 11 is 0. The number of rotatable bonds is 4. The lowest BCUT2D eigenvalue weighted by atomic mass is 9.95. The number of aliphatic hydroxyl groups excluding tert-OH is 1. The Hall–Kier alpha value is -1.06. The molecule has 0 heterocycles. The zero-order valence-electron chi connectivity index (χ0n) is 9.58. The van der Waals surface area contributed by atoms with Gasteiger partial charge in [-0.3, -0.25) is 0 Å². The van der Waals surface area contributed by atoms with Crippen LogP contribution in [0.1, 0.15) is 22.6 Å². The summed E-state index contributed by atoms with van der Waals surface area (Å²) in [5.41, 5.74) is 8.87. The van der Waals surface area contributed by atoms with E-state index in [0.717, 1.165) is 22.4 Å². The van der Waals surface area contributed by atoms with Crippen molar-refractivity contribution < 1.29 is 9.84 Å². The summed E-state index contributed by atoms with van der Waals surface area (Å²) in [4.78, 5) is 0. The maximum Gasteiger partial charge on any atom is 0.125 e. The maximum atomic E-state index is 9.25. The zero-order valence-corrected chi connectivity index (χ0v) is 9.58. The second kappa shape index (κ2) is 5.14. The summed E-state index contributed by atoms with van der Waals surface area (Å²) < 4.78 is 5.35. The van der Waals surface area contributed by atoms with Crippen LogP contribution in [0.3, 0.4) is 0 Å². The van der Waals surface area contributed by atoms with Gasteiger partial charge >= 0.3 is 0 Å². The molecule has 1 aromatic rings. The van der Waals surface area contributed by atoms with Gasteiger partial charge in [-0.2, -0.15) is 0 Å². The Kier molecular flexibility index (Phi) is 4.12. The number of hydrogen-bond donors (Lipinski definition) is 2. The molecule has 0 aliphatic heterocycles. The predicted molar refractivity (Wildman–Crippen MR) is 61.3 cm³/mol. The van der Waals surface area contributed by atoms with Crippen LogP contribution in [0.15, 0.2) is 12.1 Å². The van der Waals surface area contributed by atoms with Gasteiger partial charge in [-0.15, -0.1) is 0 Å². The van der Waals surface area contributed by atoms with Gasteiger partial charge in [-0.1, -0.05) is 17.7 Å². The zero-order chi connectivity index (χ0) is 11.4. The molecule has 0 spiro atoms. The fourth-order valence-corrected chi connectivity index (χ4v) is 1.87. The Morgan fingerprint density at radius 3 is 2.53 bits per heavy atom. The molecule has 3 nitrogen and oxygen atoms in total. The fourth-order valence-electron chi connectivity index (χ4n) is 1.87. The second-order valence-corrected chi connectivity index (χ2v) is 3.82. The van der Waals surface area contributed by atoms with E-state index >= 15 is 0 Å². The van der Waals surface area contributed by atoms with Crippen LogP contribution < -0.4 is 10.5 Å². The van der Waals surface area contributed by atoms with Crippen molar-refractivity contribution in [3.63, 3.8) is 0 Å². The number of methoxy groups -OCH3 is 1. The average Bonchev–Trinajstić information content (AvgIpc) is 2.19. The smallest absolute Gasteiger partial charge is 0.125 e. The number of benzene rings is 1. The number of hydrogen-bond acceptors (Lipinski definition) is 3. The Labute approximate surface area is 90.9 Å². The van der Waals surface area contributed by atoms with E-state index in [4.69, 9.17) is 10.5 Å². The van der Waals surface area contributed by atoms with Gasteiger partial charge in [0.2, 0.25) is 0 Å². The molecule has 1 rings (SSSR count). The van der Waals surface area contributed by atoms with E-state index in [1.165, 1.54) is 0 Å². The number of aliphatic hydroxyl groups is 1. The van der Waals surface area contributed by atoms with E-state index in [0.29, 0.717) is 6.54 Å². The summed E-state index contributed by atoms with van der Waals surface area (Å²) in [5, 5.41) is 9.25. The first-order valence-electron chi connectivity index (χ1n) is 5.10. The molecule has 1 aromatic carbocycles. The maximum absolute atomic E-state index is 9.25. The Bertz CT molecular complexity index is 333. The molecule has 1 atom stereocenters.